The second kappa shape index (κ2) is 4.37. The second-order valence-electron chi connectivity index (χ2n) is 7.10. The first kappa shape index (κ1) is 12.0. The zero-order valence-corrected chi connectivity index (χ0v) is 12.1. The van der Waals surface area contributed by atoms with Gasteiger partial charge in [-0.3, -0.25) is 0 Å². The molecule has 3 fully saturated rings. The van der Waals surface area contributed by atoms with Crippen LogP contribution in [0.1, 0.15) is 56.6 Å². The quantitative estimate of drug-likeness (QED) is 0.885. The van der Waals surface area contributed by atoms with Crippen LogP contribution in [0.5, 0.6) is 0 Å². The summed E-state index contributed by atoms with van der Waals surface area (Å²) in [5, 5.41) is 3.86. The van der Waals surface area contributed by atoms with E-state index < -0.39 is 0 Å². The van der Waals surface area contributed by atoms with Gasteiger partial charge >= 0.3 is 0 Å². The molecule has 0 aromatic carbocycles. The Labute approximate surface area is 116 Å². The van der Waals surface area contributed by atoms with Gasteiger partial charge < -0.3 is 9.73 Å². The van der Waals surface area contributed by atoms with Crippen molar-refractivity contribution in [3.05, 3.63) is 23.7 Å². The first-order valence-electron chi connectivity index (χ1n) is 8.05. The predicted octanol–water partition coefficient (Wildman–Crippen LogP) is 4.06. The first-order chi connectivity index (χ1) is 9.22. The molecule has 2 nitrogen and oxygen atoms in total. The van der Waals surface area contributed by atoms with Crippen LogP contribution in [0.25, 0.3) is 0 Å². The van der Waals surface area contributed by atoms with E-state index in [1.807, 2.05) is 6.92 Å². The molecule has 3 saturated carbocycles. The molecule has 0 radical (unpaired) electrons. The lowest BCUT2D eigenvalue weighted by Gasteiger charge is -2.33. The Kier molecular flexibility index (Phi) is 2.77. The van der Waals surface area contributed by atoms with E-state index >= 15 is 0 Å². The van der Waals surface area contributed by atoms with E-state index in [1.54, 1.807) is 0 Å². The maximum Gasteiger partial charge on any atom is 0.120 e. The van der Waals surface area contributed by atoms with Crippen LogP contribution in [0.3, 0.4) is 0 Å². The highest BCUT2D eigenvalue weighted by atomic mass is 16.3. The minimum atomic E-state index is 0.359. The molecule has 4 rings (SSSR count). The van der Waals surface area contributed by atoms with Crippen LogP contribution in [0.15, 0.2) is 16.5 Å². The van der Waals surface area contributed by atoms with Crippen molar-refractivity contribution < 1.29 is 4.42 Å². The van der Waals surface area contributed by atoms with Crippen molar-refractivity contribution >= 4 is 0 Å². The zero-order chi connectivity index (χ0) is 13.0. The standard InChI is InChI=1S/C17H25NO/c1-10-6-7-17(19-10)11(2)18-16-9-12-8-15(16)14-5-3-4-13(12)14/h6-7,11-16,18H,3-5,8-9H2,1-2H3. The first-order valence-corrected chi connectivity index (χ1v) is 8.05. The van der Waals surface area contributed by atoms with Crippen LogP contribution < -0.4 is 5.32 Å². The van der Waals surface area contributed by atoms with Gasteiger partial charge in [-0.2, -0.15) is 0 Å². The van der Waals surface area contributed by atoms with Gasteiger partial charge in [0.1, 0.15) is 11.5 Å². The summed E-state index contributed by atoms with van der Waals surface area (Å²) >= 11 is 0. The fraction of sp³-hybridized carbons (Fsp3) is 0.765. The van der Waals surface area contributed by atoms with Crippen molar-refractivity contribution in [3.63, 3.8) is 0 Å². The molecule has 2 bridgehead atoms. The summed E-state index contributed by atoms with van der Waals surface area (Å²) in [6.45, 7) is 4.27. The van der Waals surface area contributed by atoms with Crippen molar-refractivity contribution in [2.24, 2.45) is 23.7 Å². The molecule has 6 unspecified atom stereocenters. The summed E-state index contributed by atoms with van der Waals surface area (Å²) in [6.07, 6.45) is 7.42. The summed E-state index contributed by atoms with van der Waals surface area (Å²) in [5.74, 6) is 6.23. The highest BCUT2D eigenvalue weighted by Crippen LogP contribution is 2.58. The van der Waals surface area contributed by atoms with Crippen molar-refractivity contribution in [1.29, 1.82) is 0 Å². The van der Waals surface area contributed by atoms with Crippen molar-refractivity contribution in [2.75, 3.05) is 0 Å². The van der Waals surface area contributed by atoms with Gasteiger partial charge in [0.05, 0.1) is 6.04 Å². The molecule has 2 heteroatoms. The van der Waals surface area contributed by atoms with Crippen LogP contribution >= 0.6 is 0 Å². The normalized spacial score (nSPS) is 41.7. The molecule has 0 spiro atoms. The number of hydrogen-bond donors (Lipinski definition) is 1. The van der Waals surface area contributed by atoms with Crippen molar-refractivity contribution in [1.82, 2.24) is 5.32 Å². The average Bonchev–Trinajstić information content (AvgIpc) is 3.08. The number of fused-ring (bicyclic) bond motifs is 5. The highest BCUT2D eigenvalue weighted by Gasteiger charge is 2.53. The molecular weight excluding hydrogens is 234 g/mol. The monoisotopic (exact) mass is 259 g/mol. The molecule has 6 atom stereocenters. The molecule has 3 aliphatic carbocycles. The van der Waals surface area contributed by atoms with Crippen LogP contribution in [0.2, 0.25) is 0 Å². The molecule has 0 saturated heterocycles. The van der Waals surface area contributed by atoms with Crippen LogP contribution in [0, 0.1) is 30.6 Å². The molecule has 0 aliphatic heterocycles. The third-order valence-electron chi connectivity index (χ3n) is 6.08. The fourth-order valence-electron chi connectivity index (χ4n) is 5.35. The minimum absolute atomic E-state index is 0.359. The molecular formula is C17H25NO. The number of nitrogens with one attached hydrogen (secondary N) is 1. The van der Waals surface area contributed by atoms with E-state index in [2.05, 4.69) is 24.4 Å². The van der Waals surface area contributed by atoms with Crippen molar-refractivity contribution in [2.45, 2.75) is 58.0 Å². The number of rotatable bonds is 3. The van der Waals surface area contributed by atoms with E-state index in [9.17, 15) is 0 Å². The summed E-state index contributed by atoms with van der Waals surface area (Å²) in [5.41, 5.74) is 0. The third kappa shape index (κ3) is 1.87. The van der Waals surface area contributed by atoms with Crippen LogP contribution in [-0.2, 0) is 0 Å². The van der Waals surface area contributed by atoms with E-state index in [4.69, 9.17) is 4.42 Å². The lowest BCUT2D eigenvalue weighted by molar-refractivity contribution is 0.195. The average molecular weight is 259 g/mol. The van der Waals surface area contributed by atoms with E-state index in [0.29, 0.717) is 6.04 Å². The van der Waals surface area contributed by atoms with E-state index in [-0.39, 0.29) is 0 Å². The van der Waals surface area contributed by atoms with Crippen molar-refractivity contribution in [3.8, 4) is 0 Å². The van der Waals surface area contributed by atoms with Crippen LogP contribution in [0.4, 0.5) is 0 Å². The summed E-state index contributed by atoms with van der Waals surface area (Å²) in [4.78, 5) is 0. The maximum atomic E-state index is 5.76. The molecule has 1 aromatic heterocycles. The van der Waals surface area contributed by atoms with E-state index in [0.717, 1.165) is 41.2 Å². The Morgan fingerprint density at radius 2 is 2.00 bits per heavy atom. The van der Waals surface area contributed by atoms with Gasteiger partial charge in [-0.15, -0.1) is 0 Å². The third-order valence-corrected chi connectivity index (χ3v) is 6.08. The second-order valence-corrected chi connectivity index (χ2v) is 7.10. The predicted molar refractivity (Wildman–Crippen MR) is 75.8 cm³/mol. The summed E-state index contributed by atoms with van der Waals surface area (Å²) in [7, 11) is 0. The summed E-state index contributed by atoms with van der Waals surface area (Å²) < 4.78 is 5.76. The topological polar surface area (TPSA) is 25.2 Å². The smallest absolute Gasteiger partial charge is 0.120 e. The van der Waals surface area contributed by atoms with Gasteiger partial charge in [0, 0.05) is 6.04 Å². The molecule has 104 valence electrons. The molecule has 1 N–H and O–H groups in total. The fourth-order valence-corrected chi connectivity index (χ4v) is 5.35. The zero-order valence-electron chi connectivity index (χ0n) is 12.1. The Hall–Kier alpha value is -0.760. The van der Waals surface area contributed by atoms with E-state index in [1.165, 1.54) is 32.1 Å². The molecule has 19 heavy (non-hydrogen) atoms. The highest BCUT2D eigenvalue weighted by molar-refractivity contribution is 5.11. The Morgan fingerprint density at radius 1 is 1.16 bits per heavy atom. The molecule has 1 aromatic rings. The van der Waals surface area contributed by atoms with Gasteiger partial charge in [-0.05, 0) is 75.3 Å². The lowest BCUT2D eigenvalue weighted by Crippen LogP contribution is -2.40. The molecule has 3 aliphatic rings. The largest absolute Gasteiger partial charge is 0.465 e. The number of furan rings is 1. The Morgan fingerprint density at radius 3 is 2.79 bits per heavy atom. The van der Waals surface area contributed by atoms with Gasteiger partial charge in [0.2, 0.25) is 0 Å². The minimum Gasteiger partial charge on any atom is -0.465 e. The summed E-state index contributed by atoms with van der Waals surface area (Å²) in [6, 6.07) is 5.29. The number of hydrogen-bond acceptors (Lipinski definition) is 2. The van der Waals surface area contributed by atoms with Gasteiger partial charge in [0.15, 0.2) is 0 Å². The van der Waals surface area contributed by atoms with Crippen LogP contribution in [-0.4, -0.2) is 6.04 Å². The maximum absolute atomic E-state index is 5.76. The van der Waals surface area contributed by atoms with Gasteiger partial charge in [-0.25, -0.2) is 0 Å². The molecule has 1 heterocycles. The van der Waals surface area contributed by atoms with Gasteiger partial charge in [0.25, 0.3) is 0 Å². The number of aryl methyl sites for hydroxylation is 1. The Balaban J connectivity index is 1.44. The SMILES string of the molecule is Cc1ccc(C(C)NC2CC3CC2C2CCCC32)o1. The lowest BCUT2D eigenvalue weighted by atomic mass is 9.79. The Bertz CT molecular complexity index is 466. The van der Waals surface area contributed by atoms with Gasteiger partial charge in [-0.1, -0.05) is 6.42 Å². The molecule has 0 amide bonds.